The molecule has 5 aromatic rings. The first-order valence-corrected chi connectivity index (χ1v) is 16.6. The molecule has 0 aliphatic carbocycles. The zero-order chi connectivity index (χ0) is 32.9. The maximum atomic E-state index is 13.6. The molecule has 1 fully saturated rings. The fourth-order valence-electron chi connectivity index (χ4n) is 6.39. The lowest BCUT2D eigenvalue weighted by Gasteiger charge is -2.20. The summed E-state index contributed by atoms with van der Waals surface area (Å²) in [5.74, 6) is 2.51. The Kier molecular flexibility index (Phi) is 9.18. The van der Waals surface area contributed by atoms with E-state index >= 15 is 0 Å². The zero-order valence-corrected chi connectivity index (χ0v) is 27.0. The van der Waals surface area contributed by atoms with Crippen LogP contribution in [0.2, 0.25) is 0 Å². The van der Waals surface area contributed by atoms with E-state index in [1.54, 1.807) is 17.7 Å². The monoisotopic (exact) mass is 642 g/mol. The van der Waals surface area contributed by atoms with Crippen LogP contribution >= 0.6 is 0 Å². The lowest BCUT2D eigenvalue weighted by molar-refractivity contribution is 0.0774. The summed E-state index contributed by atoms with van der Waals surface area (Å²) in [6.07, 6.45) is 7.61. The van der Waals surface area contributed by atoms with Crippen molar-refractivity contribution in [3.63, 3.8) is 0 Å². The van der Waals surface area contributed by atoms with Gasteiger partial charge in [-0.1, -0.05) is 42.5 Å². The topological polar surface area (TPSA) is 95.2 Å². The Morgan fingerprint density at radius 2 is 1.56 bits per heavy atom. The lowest BCUT2D eigenvalue weighted by Crippen LogP contribution is -2.35. The van der Waals surface area contributed by atoms with Crippen LogP contribution in [0.3, 0.4) is 0 Å². The van der Waals surface area contributed by atoms with Gasteiger partial charge >= 0.3 is 0 Å². The van der Waals surface area contributed by atoms with Gasteiger partial charge in [0.25, 0.3) is 11.5 Å². The molecule has 0 unspecified atom stereocenters. The summed E-state index contributed by atoms with van der Waals surface area (Å²) in [6.45, 7) is 1.89. The van der Waals surface area contributed by atoms with Crippen LogP contribution in [0.5, 0.6) is 17.2 Å². The highest BCUT2D eigenvalue weighted by molar-refractivity contribution is 6.03. The summed E-state index contributed by atoms with van der Waals surface area (Å²) in [7, 11) is 1.59. The average molecular weight is 643 g/mol. The third-order valence-electron chi connectivity index (χ3n) is 8.93. The molecule has 0 saturated carbocycles. The number of hydrogen-bond donors (Lipinski definition) is 0. The number of rotatable bonds is 12. The second kappa shape index (κ2) is 14.1. The number of unbranched alkanes of at least 4 members (excludes halogenated alkanes) is 3. The molecule has 1 amide bonds. The second-order valence-corrected chi connectivity index (χ2v) is 12.1. The SMILES string of the molecule is COc1cc2c(cc1OCCCCCCOc1ccc(-n3c(-c4ccccc4)nc4ccccc4c3=O)cc1)N=C[C@@H]1CCCN1C2=O. The van der Waals surface area contributed by atoms with Gasteiger partial charge in [0.1, 0.15) is 11.6 Å². The highest BCUT2D eigenvalue weighted by atomic mass is 16.5. The Bertz CT molecular complexity index is 2010. The van der Waals surface area contributed by atoms with Crippen molar-refractivity contribution >= 4 is 28.7 Å². The van der Waals surface area contributed by atoms with Crippen LogP contribution in [0.4, 0.5) is 5.69 Å². The average Bonchev–Trinajstić information content (AvgIpc) is 3.56. The van der Waals surface area contributed by atoms with Gasteiger partial charge in [-0.25, -0.2) is 4.98 Å². The summed E-state index contributed by atoms with van der Waals surface area (Å²) < 4.78 is 19.3. The molecular weight excluding hydrogens is 604 g/mol. The molecule has 9 heteroatoms. The van der Waals surface area contributed by atoms with Gasteiger partial charge in [-0.2, -0.15) is 0 Å². The quantitative estimate of drug-likeness (QED) is 0.132. The minimum atomic E-state index is -0.110. The number of nitrogens with zero attached hydrogens (tertiary/aromatic N) is 4. The minimum Gasteiger partial charge on any atom is -0.494 e. The van der Waals surface area contributed by atoms with Crippen LogP contribution in [0.15, 0.2) is 101 Å². The van der Waals surface area contributed by atoms with Crippen LogP contribution in [0, 0.1) is 0 Å². The Hall–Kier alpha value is -5.44. The van der Waals surface area contributed by atoms with E-state index in [0.717, 1.165) is 62.1 Å². The van der Waals surface area contributed by atoms with Crippen molar-refractivity contribution in [2.75, 3.05) is 26.9 Å². The van der Waals surface area contributed by atoms with Crippen LogP contribution in [0.1, 0.15) is 48.9 Å². The van der Waals surface area contributed by atoms with E-state index < -0.39 is 0 Å². The van der Waals surface area contributed by atoms with Crippen LogP contribution < -0.4 is 19.8 Å². The molecule has 48 heavy (non-hydrogen) atoms. The van der Waals surface area contributed by atoms with E-state index in [-0.39, 0.29) is 17.5 Å². The van der Waals surface area contributed by atoms with Crippen molar-refractivity contribution < 1.29 is 19.0 Å². The van der Waals surface area contributed by atoms with Gasteiger partial charge in [0, 0.05) is 24.4 Å². The second-order valence-electron chi connectivity index (χ2n) is 12.1. The summed E-state index contributed by atoms with van der Waals surface area (Å²) in [4.78, 5) is 38.1. The van der Waals surface area contributed by atoms with E-state index in [2.05, 4.69) is 4.99 Å². The predicted molar refractivity (Wildman–Crippen MR) is 187 cm³/mol. The Labute approximate surface area is 279 Å². The van der Waals surface area contributed by atoms with Crippen LogP contribution in [0.25, 0.3) is 28.0 Å². The first-order chi connectivity index (χ1) is 23.6. The lowest BCUT2D eigenvalue weighted by atomic mass is 10.1. The van der Waals surface area contributed by atoms with Crippen molar-refractivity contribution in [2.24, 2.45) is 4.99 Å². The number of fused-ring (bicyclic) bond motifs is 3. The highest BCUT2D eigenvalue weighted by Gasteiger charge is 2.32. The summed E-state index contributed by atoms with van der Waals surface area (Å²) in [6, 6.07) is 28.4. The number of benzene rings is 4. The first-order valence-electron chi connectivity index (χ1n) is 16.6. The van der Waals surface area contributed by atoms with Crippen molar-refractivity contribution in [1.82, 2.24) is 14.5 Å². The molecule has 4 aromatic carbocycles. The molecule has 1 atom stereocenters. The van der Waals surface area contributed by atoms with Crippen LogP contribution in [-0.4, -0.2) is 59.5 Å². The number of carbonyl (C=O) groups excluding carboxylic acids is 1. The Balaban J connectivity index is 0.910. The van der Waals surface area contributed by atoms with E-state index in [9.17, 15) is 9.59 Å². The van der Waals surface area contributed by atoms with Gasteiger partial charge in [-0.05, 0) is 81.0 Å². The number of methoxy groups -OCH3 is 1. The highest BCUT2D eigenvalue weighted by Crippen LogP contribution is 2.38. The third kappa shape index (κ3) is 6.40. The molecule has 7 rings (SSSR count). The molecule has 0 radical (unpaired) electrons. The normalized spacial score (nSPS) is 15.2. The molecular formula is C39H38N4O5. The largest absolute Gasteiger partial charge is 0.494 e. The fourth-order valence-corrected chi connectivity index (χ4v) is 6.39. The number of para-hydroxylation sites is 1. The van der Waals surface area contributed by atoms with Crippen molar-refractivity contribution in [2.45, 2.75) is 44.6 Å². The molecule has 1 aromatic heterocycles. The van der Waals surface area contributed by atoms with Gasteiger partial charge in [-0.15, -0.1) is 0 Å². The van der Waals surface area contributed by atoms with Crippen molar-refractivity contribution in [3.8, 4) is 34.3 Å². The summed E-state index contributed by atoms with van der Waals surface area (Å²) in [5.41, 5.74) is 3.36. The van der Waals surface area contributed by atoms with Crippen molar-refractivity contribution in [1.29, 1.82) is 0 Å². The Morgan fingerprint density at radius 1 is 0.812 bits per heavy atom. The number of hydrogen-bond acceptors (Lipinski definition) is 7. The molecule has 3 heterocycles. The molecule has 2 aliphatic rings. The number of ether oxygens (including phenoxy) is 3. The summed E-state index contributed by atoms with van der Waals surface area (Å²) in [5, 5.41) is 0.575. The zero-order valence-electron chi connectivity index (χ0n) is 27.0. The number of aliphatic imine (C=N–C) groups is 1. The van der Waals surface area contributed by atoms with E-state index in [1.165, 1.54) is 0 Å². The predicted octanol–water partition coefficient (Wildman–Crippen LogP) is 7.40. The maximum absolute atomic E-state index is 13.6. The molecule has 1 saturated heterocycles. The van der Waals surface area contributed by atoms with Gasteiger partial charge in [0.2, 0.25) is 0 Å². The molecule has 9 nitrogen and oxygen atoms in total. The third-order valence-corrected chi connectivity index (χ3v) is 8.93. The van der Waals surface area contributed by atoms with E-state index in [4.69, 9.17) is 19.2 Å². The Morgan fingerprint density at radius 3 is 2.35 bits per heavy atom. The number of carbonyl (C=O) groups is 1. The first kappa shape index (κ1) is 31.2. The maximum Gasteiger partial charge on any atom is 0.266 e. The number of aromatic nitrogens is 2. The van der Waals surface area contributed by atoms with Gasteiger partial charge in [0.15, 0.2) is 11.5 Å². The van der Waals surface area contributed by atoms with E-state index in [1.807, 2.05) is 96.0 Å². The molecule has 0 N–H and O–H groups in total. The molecule has 0 bridgehead atoms. The number of amides is 1. The summed E-state index contributed by atoms with van der Waals surface area (Å²) >= 11 is 0. The van der Waals surface area contributed by atoms with Gasteiger partial charge in [-0.3, -0.25) is 19.1 Å². The standard InChI is InChI=1S/C39H38N4O5/c1-46-35-24-32-34(40-26-29-14-11-21-42(29)38(32)44)25-36(35)48-23-10-3-2-9-22-47-30-19-17-28(18-20-30)43-37(27-12-5-4-6-13-27)41-33-16-8-7-15-31(33)39(43)45/h4-8,12-13,15-20,24-26,29H,2-3,9-11,14,21-23H2,1H3/t29-/m0/s1. The van der Waals surface area contributed by atoms with Crippen molar-refractivity contribution in [3.05, 3.63) is 107 Å². The molecule has 0 spiro atoms. The minimum absolute atomic E-state index is 0.00270. The fraction of sp³-hybridized carbons (Fsp3) is 0.282. The van der Waals surface area contributed by atoms with E-state index in [0.29, 0.717) is 52.7 Å². The molecule has 244 valence electrons. The van der Waals surface area contributed by atoms with Gasteiger partial charge in [0.05, 0.1) is 54.2 Å². The molecule has 2 aliphatic heterocycles. The van der Waals surface area contributed by atoms with Crippen LogP contribution in [-0.2, 0) is 0 Å². The smallest absolute Gasteiger partial charge is 0.266 e. The van der Waals surface area contributed by atoms with Gasteiger partial charge < -0.3 is 19.1 Å².